The van der Waals surface area contributed by atoms with E-state index >= 15 is 0 Å². The minimum absolute atomic E-state index is 0.0397. The Kier molecular flexibility index (Phi) is 6.94. The molecule has 2 heterocycles. The number of nitrogens with one attached hydrogen (secondary N) is 1. The summed E-state index contributed by atoms with van der Waals surface area (Å²) in [6, 6.07) is 11.0. The summed E-state index contributed by atoms with van der Waals surface area (Å²) >= 11 is 1.61. The van der Waals surface area contributed by atoms with Gasteiger partial charge in [0.15, 0.2) is 0 Å². The van der Waals surface area contributed by atoms with Gasteiger partial charge in [0.1, 0.15) is 11.9 Å². The molecular formula is C20H27N3O4S2. The predicted octanol–water partition coefficient (Wildman–Crippen LogP) is 2.89. The summed E-state index contributed by atoms with van der Waals surface area (Å²) in [5.41, 5.74) is 0.577. The average molecular weight is 438 g/mol. The number of rotatable bonds is 7. The molecule has 0 radical (unpaired) electrons. The van der Waals surface area contributed by atoms with E-state index in [1.807, 2.05) is 24.4 Å². The van der Waals surface area contributed by atoms with Crippen LogP contribution in [0, 0.1) is 0 Å². The zero-order valence-electron chi connectivity index (χ0n) is 16.9. The van der Waals surface area contributed by atoms with Gasteiger partial charge in [0.2, 0.25) is 0 Å². The van der Waals surface area contributed by atoms with Crippen molar-refractivity contribution in [1.29, 1.82) is 0 Å². The summed E-state index contributed by atoms with van der Waals surface area (Å²) in [4.78, 5) is 13.5. The third-order valence-corrected chi connectivity index (χ3v) is 7.92. The van der Waals surface area contributed by atoms with E-state index in [4.69, 9.17) is 4.74 Å². The van der Waals surface area contributed by atoms with Crippen molar-refractivity contribution in [3.05, 3.63) is 52.2 Å². The van der Waals surface area contributed by atoms with E-state index in [1.165, 1.54) is 22.7 Å². The van der Waals surface area contributed by atoms with E-state index in [2.05, 4.69) is 5.32 Å². The number of benzene rings is 1. The fourth-order valence-electron chi connectivity index (χ4n) is 3.18. The molecular weight excluding hydrogens is 410 g/mol. The molecule has 0 aliphatic carbocycles. The highest BCUT2D eigenvalue weighted by Gasteiger charge is 2.30. The second-order valence-corrected chi connectivity index (χ2v) is 10.4. The normalized spacial score (nSPS) is 17.2. The molecule has 0 spiro atoms. The van der Waals surface area contributed by atoms with Crippen LogP contribution in [0.5, 0.6) is 5.75 Å². The maximum Gasteiger partial charge on any atom is 0.281 e. The van der Waals surface area contributed by atoms with Crippen LogP contribution in [0.3, 0.4) is 0 Å². The molecule has 1 aliphatic rings. The van der Waals surface area contributed by atoms with Crippen molar-refractivity contribution in [2.45, 2.75) is 31.9 Å². The van der Waals surface area contributed by atoms with Gasteiger partial charge in [0.05, 0.1) is 6.04 Å². The average Bonchev–Trinajstić information content (AvgIpc) is 3.24. The SMILES string of the molecule is C[C@@H](NC(=O)c1ccc(OC2CCN(S(=O)(=O)N(C)C)CC2)cc1)c1cccs1. The first kappa shape index (κ1) is 21.8. The predicted molar refractivity (Wildman–Crippen MR) is 114 cm³/mol. The second-order valence-electron chi connectivity index (χ2n) is 7.24. The van der Waals surface area contributed by atoms with Crippen molar-refractivity contribution >= 4 is 27.5 Å². The molecule has 1 aromatic carbocycles. The summed E-state index contributed by atoms with van der Waals surface area (Å²) in [6.45, 7) is 2.84. The van der Waals surface area contributed by atoms with Gasteiger partial charge in [0.25, 0.3) is 16.1 Å². The molecule has 1 aromatic heterocycles. The van der Waals surface area contributed by atoms with Crippen LogP contribution in [0.15, 0.2) is 41.8 Å². The lowest BCUT2D eigenvalue weighted by Crippen LogP contribution is -2.46. The molecule has 29 heavy (non-hydrogen) atoms. The van der Waals surface area contributed by atoms with Gasteiger partial charge in [0, 0.05) is 37.6 Å². The number of hydrogen-bond donors (Lipinski definition) is 1. The molecule has 9 heteroatoms. The summed E-state index contributed by atoms with van der Waals surface area (Å²) in [5.74, 6) is 0.557. The largest absolute Gasteiger partial charge is 0.490 e. The number of carbonyl (C=O) groups is 1. The highest BCUT2D eigenvalue weighted by Crippen LogP contribution is 2.22. The molecule has 3 rings (SSSR count). The number of piperidine rings is 1. The Morgan fingerprint density at radius 3 is 2.41 bits per heavy atom. The van der Waals surface area contributed by atoms with E-state index in [0.717, 1.165) is 4.88 Å². The number of ether oxygens (including phenoxy) is 1. The molecule has 0 bridgehead atoms. The van der Waals surface area contributed by atoms with Crippen LogP contribution in [0.25, 0.3) is 0 Å². The summed E-state index contributed by atoms with van der Waals surface area (Å²) in [5, 5.41) is 4.98. The molecule has 7 nitrogen and oxygen atoms in total. The molecule has 2 aromatic rings. The van der Waals surface area contributed by atoms with Crippen LogP contribution in [0.2, 0.25) is 0 Å². The third kappa shape index (κ3) is 5.36. The lowest BCUT2D eigenvalue weighted by atomic mass is 10.1. The fourth-order valence-corrected chi connectivity index (χ4v) is 5.05. The minimum atomic E-state index is -3.37. The lowest BCUT2D eigenvalue weighted by Gasteiger charge is -2.32. The van der Waals surface area contributed by atoms with Crippen LogP contribution in [0.4, 0.5) is 0 Å². The van der Waals surface area contributed by atoms with Gasteiger partial charge in [-0.1, -0.05) is 6.07 Å². The summed E-state index contributed by atoms with van der Waals surface area (Å²) in [7, 11) is -0.293. The monoisotopic (exact) mass is 437 g/mol. The first-order valence-electron chi connectivity index (χ1n) is 9.56. The van der Waals surface area contributed by atoms with Crippen LogP contribution in [0.1, 0.15) is 41.0 Å². The van der Waals surface area contributed by atoms with Crippen molar-refractivity contribution in [2.75, 3.05) is 27.2 Å². The van der Waals surface area contributed by atoms with Gasteiger partial charge in [-0.25, -0.2) is 0 Å². The number of thiophene rings is 1. The Bertz CT molecular complexity index is 904. The maximum absolute atomic E-state index is 12.4. The highest BCUT2D eigenvalue weighted by atomic mass is 32.2. The maximum atomic E-state index is 12.4. The van der Waals surface area contributed by atoms with Gasteiger partial charge in [-0.05, 0) is 55.5 Å². The summed E-state index contributed by atoms with van der Waals surface area (Å²) in [6.07, 6.45) is 1.23. The van der Waals surface area contributed by atoms with E-state index in [-0.39, 0.29) is 18.1 Å². The van der Waals surface area contributed by atoms with Gasteiger partial charge < -0.3 is 10.1 Å². The van der Waals surface area contributed by atoms with Crippen molar-refractivity contribution < 1.29 is 17.9 Å². The van der Waals surface area contributed by atoms with Crippen molar-refractivity contribution in [2.24, 2.45) is 0 Å². The quantitative estimate of drug-likeness (QED) is 0.722. The molecule has 158 valence electrons. The molecule has 1 aliphatic heterocycles. The molecule has 1 saturated heterocycles. The Labute approximate surface area is 176 Å². The van der Waals surface area contributed by atoms with E-state index in [1.54, 1.807) is 35.6 Å². The Hall–Kier alpha value is -1.94. The fraction of sp³-hybridized carbons (Fsp3) is 0.450. The number of hydrogen-bond acceptors (Lipinski definition) is 5. The van der Waals surface area contributed by atoms with Crippen LogP contribution in [-0.2, 0) is 10.2 Å². The van der Waals surface area contributed by atoms with E-state index in [9.17, 15) is 13.2 Å². The molecule has 1 atom stereocenters. The highest BCUT2D eigenvalue weighted by molar-refractivity contribution is 7.86. The number of carbonyl (C=O) groups excluding carboxylic acids is 1. The standard InChI is InChI=1S/C20H27N3O4S2/c1-15(19-5-4-14-28-19)21-20(24)16-6-8-17(9-7-16)27-18-10-12-23(13-11-18)29(25,26)22(2)3/h4-9,14-15,18H,10-13H2,1-3H3,(H,21,24)/t15-/m1/s1. The third-order valence-electron chi connectivity index (χ3n) is 4.93. The summed E-state index contributed by atoms with van der Waals surface area (Å²) < 4.78 is 33.1. The molecule has 1 amide bonds. The smallest absolute Gasteiger partial charge is 0.281 e. The molecule has 0 saturated carbocycles. The Balaban J connectivity index is 1.51. The minimum Gasteiger partial charge on any atom is -0.490 e. The van der Waals surface area contributed by atoms with E-state index < -0.39 is 10.2 Å². The first-order valence-corrected chi connectivity index (χ1v) is 11.8. The topological polar surface area (TPSA) is 79.0 Å². The van der Waals surface area contributed by atoms with Crippen LogP contribution >= 0.6 is 11.3 Å². The van der Waals surface area contributed by atoms with Gasteiger partial charge in [-0.15, -0.1) is 11.3 Å². The number of nitrogens with zero attached hydrogens (tertiary/aromatic N) is 2. The van der Waals surface area contributed by atoms with Gasteiger partial charge in [-0.3, -0.25) is 4.79 Å². The van der Waals surface area contributed by atoms with E-state index in [0.29, 0.717) is 37.2 Å². The van der Waals surface area contributed by atoms with Gasteiger partial charge >= 0.3 is 0 Å². The molecule has 0 unspecified atom stereocenters. The lowest BCUT2D eigenvalue weighted by molar-refractivity contribution is 0.0940. The molecule has 1 fully saturated rings. The van der Waals surface area contributed by atoms with Crippen molar-refractivity contribution in [3.8, 4) is 5.75 Å². The van der Waals surface area contributed by atoms with Crippen molar-refractivity contribution in [3.63, 3.8) is 0 Å². The zero-order chi connectivity index (χ0) is 21.0. The molecule has 1 N–H and O–H groups in total. The Morgan fingerprint density at radius 2 is 1.86 bits per heavy atom. The Morgan fingerprint density at radius 1 is 1.21 bits per heavy atom. The second kappa shape index (κ2) is 9.25. The zero-order valence-corrected chi connectivity index (χ0v) is 18.5. The van der Waals surface area contributed by atoms with Crippen LogP contribution < -0.4 is 10.1 Å². The number of amides is 1. The first-order chi connectivity index (χ1) is 13.8. The van der Waals surface area contributed by atoms with Crippen LogP contribution in [-0.4, -0.2) is 56.2 Å². The van der Waals surface area contributed by atoms with Gasteiger partial charge in [-0.2, -0.15) is 17.0 Å². The van der Waals surface area contributed by atoms with Crippen molar-refractivity contribution in [1.82, 2.24) is 13.9 Å².